The van der Waals surface area contributed by atoms with Crippen LogP contribution in [0.1, 0.15) is 25.0 Å². The van der Waals surface area contributed by atoms with Crippen molar-refractivity contribution in [1.82, 2.24) is 0 Å². The van der Waals surface area contributed by atoms with E-state index in [-0.39, 0.29) is 0 Å². The van der Waals surface area contributed by atoms with Gasteiger partial charge in [-0.3, -0.25) is 0 Å². The molecule has 0 N–H and O–H groups in total. The number of hydrogen-bond donors (Lipinski definition) is 0. The van der Waals surface area contributed by atoms with Gasteiger partial charge in [-0.2, -0.15) is 23.6 Å². The standard InChI is InChI=1S/C19H19.C9H7.C2H6Si.2ClH.Zr/c1-3-14-8-10-16(11-9-14)18-7-5-6-17-12-15(4-2)13-19(17)18;1-2-5-9-7-3-6-8(9)4-1;1-3-2;;;/h5-13H,3-4H2,1-2H3;1-7H;1-2H3;2*1H;/q2*-1;;;;+4/p-2. The molecule has 0 unspecified atom stereocenters. The van der Waals surface area contributed by atoms with E-state index in [0.717, 1.165) is 22.4 Å². The van der Waals surface area contributed by atoms with Gasteiger partial charge in [0.2, 0.25) is 0 Å². The molecule has 0 amide bonds. The van der Waals surface area contributed by atoms with Crippen LogP contribution in [-0.4, -0.2) is 9.52 Å². The Balaban J connectivity index is 0.000000225. The van der Waals surface area contributed by atoms with Gasteiger partial charge >= 0.3 is 37.9 Å². The fourth-order valence-corrected chi connectivity index (χ4v) is 3.74. The molecule has 0 bridgehead atoms. The smallest absolute Gasteiger partial charge is 0.0809 e. The number of aryl methyl sites for hydroxylation is 2. The Bertz CT molecular complexity index is 1190. The fourth-order valence-electron chi connectivity index (χ4n) is 3.74. The van der Waals surface area contributed by atoms with Crippen LogP contribution in [0, 0.1) is 0 Å². The molecule has 0 aromatic heterocycles. The second-order valence-corrected chi connectivity index (χ2v) is 12.5. The van der Waals surface area contributed by atoms with Crippen LogP contribution >= 0.6 is 17.0 Å². The van der Waals surface area contributed by atoms with Crippen molar-refractivity contribution in [3.8, 4) is 11.1 Å². The third kappa shape index (κ3) is 8.65. The van der Waals surface area contributed by atoms with E-state index < -0.39 is 20.8 Å². The molecule has 2 radical (unpaired) electrons. The SMILES string of the molecule is CCc1ccc(-c2cccc3[cH-]c(CC)cc23)cc1.C[Si]C.[Cl][Zr+2][Cl].c1ccc2[cH-]ccc2c1. The van der Waals surface area contributed by atoms with E-state index in [0.29, 0.717) is 0 Å². The molecule has 4 heteroatoms. The summed E-state index contributed by atoms with van der Waals surface area (Å²) in [5, 5.41) is 5.40. The van der Waals surface area contributed by atoms with Crippen molar-refractivity contribution in [1.29, 1.82) is 0 Å². The number of hydrogen-bond acceptors (Lipinski definition) is 0. The van der Waals surface area contributed by atoms with Crippen LogP contribution in [0.15, 0.2) is 97.1 Å². The minimum atomic E-state index is -0.826. The minimum Gasteiger partial charge on any atom is -0.168 e. The maximum atomic E-state index is 4.93. The summed E-state index contributed by atoms with van der Waals surface area (Å²) in [6.07, 6.45) is 2.20. The second-order valence-electron chi connectivity index (χ2n) is 7.80. The van der Waals surface area contributed by atoms with Gasteiger partial charge in [0.15, 0.2) is 0 Å². The van der Waals surface area contributed by atoms with Gasteiger partial charge in [-0.05, 0) is 24.0 Å². The maximum Gasteiger partial charge on any atom is -0.0809 e. The summed E-state index contributed by atoms with van der Waals surface area (Å²) in [6, 6.07) is 34.8. The van der Waals surface area contributed by atoms with Crippen LogP contribution in [0.4, 0.5) is 0 Å². The monoisotopic (exact) mass is 580 g/mol. The van der Waals surface area contributed by atoms with Gasteiger partial charge in [-0.25, -0.2) is 0 Å². The van der Waals surface area contributed by atoms with Gasteiger partial charge in [0.1, 0.15) is 0 Å². The molecule has 0 fully saturated rings. The quantitative estimate of drug-likeness (QED) is 0.147. The Morgan fingerprint density at radius 3 is 2.06 bits per heavy atom. The molecule has 0 spiro atoms. The number of halogens is 2. The summed E-state index contributed by atoms with van der Waals surface area (Å²) < 4.78 is 0. The molecule has 5 rings (SSSR count). The molecule has 5 aromatic carbocycles. The molecule has 0 aliphatic carbocycles. The van der Waals surface area contributed by atoms with Gasteiger partial charge in [-0.1, -0.05) is 68.9 Å². The molecule has 0 heterocycles. The number of benzene rings is 3. The molecular formula is C30H32Cl2SiZr. The van der Waals surface area contributed by atoms with Gasteiger partial charge in [0.05, 0.1) is 0 Å². The summed E-state index contributed by atoms with van der Waals surface area (Å²) in [4.78, 5) is 0. The largest absolute Gasteiger partial charge is 0.168 e. The molecule has 34 heavy (non-hydrogen) atoms. The third-order valence-electron chi connectivity index (χ3n) is 5.44. The van der Waals surface area contributed by atoms with Crippen LogP contribution in [0.3, 0.4) is 0 Å². The first-order valence-corrected chi connectivity index (χ1v) is 19.9. The summed E-state index contributed by atoms with van der Waals surface area (Å²) in [7, 11) is 11.0. The molecule has 0 aliphatic heterocycles. The van der Waals surface area contributed by atoms with E-state index in [2.05, 4.69) is 124 Å². The van der Waals surface area contributed by atoms with Crippen molar-refractivity contribution in [3.63, 3.8) is 0 Å². The normalized spacial score (nSPS) is 9.71. The topological polar surface area (TPSA) is 0 Å². The van der Waals surface area contributed by atoms with E-state index in [1.807, 2.05) is 0 Å². The van der Waals surface area contributed by atoms with Crippen LogP contribution in [-0.2, 0) is 33.7 Å². The van der Waals surface area contributed by atoms with Gasteiger partial charge in [0.25, 0.3) is 0 Å². The van der Waals surface area contributed by atoms with Gasteiger partial charge < -0.3 is 0 Å². The van der Waals surface area contributed by atoms with E-state index in [1.54, 1.807) is 0 Å². The number of fused-ring (bicyclic) bond motifs is 2. The zero-order valence-corrected chi connectivity index (χ0v) is 25.4. The van der Waals surface area contributed by atoms with Crippen molar-refractivity contribution in [3.05, 3.63) is 108 Å². The summed E-state index contributed by atoms with van der Waals surface area (Å²) in [5.41, 5.74) is 5.48. The maximum absolute atomic E-state index is 4.93. The molecule has 5 aromatic rings. The second kappa shape index (κ2) is 16.3. The van der Waals surface area contributed by atoms with Crippen LogP contribution in [0.2, 0.25) is 13.1 Å². The van der Waals surface area contributed by atoms with Crippen LogP contribution in [0.25, 0.3) is 32.7 Å². The summed E-state index contributed by atoms with van der Waals surface area (Å²) in [5.74, 6) is 0. The molecule has 0 aliphatic rings. The average Bonchev–Trinajstić information content (AvgIpc) is 3.52. The Hall–Kier alpha value is -1.44. The summed E-state index contributed by atoms with van der Waals surface area (Å²) >= 11 is -0.826. The molecule has 174 valence electrons. The van der Waals surface area contributed by atoms with Crippen molar-refractivity contribution in [2.24, 2.45) is 0 Å². The van der Waals surface area contributed by atoms with E-state index in [9.17, 15) is 0 Å². The van der Waals surface area contributed by atoms with Crippen LogP contribution in [0.5, 0.6) is 0 Å². The Morgan fingerprint density at radius 2 is 1.44 bits per heavy atom. The molecule has 0 saturated carbocycles. The zero-order valence-electron chi connectivity index (χ0n) is 20.4. The Morgan fingerprint density at radius 1 is 0.794 bits per heavy atom. The first-order chi connectivity index (χ1) is 16.6. The zero-order chi connectivity index (χ0) is 24.8. The van der Waals surface area contributed by atoms with E-state index in [4.69, 9.17) is 17.0 Å². The fraction of sp³-hybridized carbons (Fsp3) is 0.200. The van der Waals surface area contributed by atoms with E-state index >= 15 is 0 Å². The predicted octanol–water partition coefficient (Wildman–Crippen LogP) is 10.1. The number of rotatable bonds is 3. The Labute approximate surface area is 226 Å². The van der Waals surface area contributed by atoms with Crippen LogP contribution < -0.4 is 0 Å². The third-order valence-corrected chi connectivity index (χ3v) is 5.44. The van der Waals surface area contributed by atoms with Crippen molar-refractivity contribution >= 4 is 48.1 Å². The Kier molecular flexibility index (Phi) is 13.8. The predicted molar refractivity (Wildman–Crippen MR) is 152 cm³/mol. The van der Waals surface area contributed by atoms with E-state index in [1.165, 1.54) is 43.8 Å². The molecule has 0 nitrogen and oxygen atoms in total. The van der Waals surface area contributed by atoms with Gasteiger partial charge in [0, 0.05) is 9.52 Å². The van der Waals surface area contributed by atoms with Gasteiger partial charge in [-0.15, -0.1) is 64.2 Å². The average molecular weight is 583 g/mol. The molecular weight excluding hydrogens is 551 g/mol. The first kappa shape index (κ1) is 28.8. The van der Waals surface area contributed by atoms with Crippen molar-refractivity contribution in [2.75, 3.05) is 0 Å². The molecule has 0 atom stereocenters. The van der Waals surface area contributed by atoms with Crippen molar-refractivity contribution < 1.29 is 20.8 Å². The summed E-state index contributed by atoms with van der Waals surface area (Å²) in [6.45, 7) is 8.71. The molecule has 0 saturated heterocycles. The minimum absolute atomic E-state index is 0.826. The van der Waals surface area contributed by atoms with Crippen molar-refractivity contribution in [2.45, 2.75) is 39.8 Å². The first-order valence-electron chi connectivity index (χ1n) is 11.5.